The normalized spacial score (nSPS) is 14.1. The van der Waals surface area contributed by atoms with E-state index in [0.717, 1.165) is 6.26 Å². The molecular formula is C20H23FN2O4S. The van der Waals surface area contributed by atoms with Crippen LogP contribution in [-0.2, 0) is 21.2 Å². The Bertz CT molecular complexity index is 1020. The summed E-state index contributed by atoms with van der Waals surface area (Å²) in [5, 5.41) is 0. The molecule has 1 aliphatic rings. The topological polar surface area (TPSA) is 76.6 Å². The second-order valence-electron chi connectivity index (χ2n) is 7.14. The van der Waals surface area contributed by atoms with E-state index in [1.54, 1.807) is 12.1 Å². The number of nitrogens with zero attached hydrogens (tertiary/aromatic N) is 2. The molecule has 28 heavy (non-hydrogen) atoms. The Morgan fingerprint density at radius 2 is 1.89 bits per heavy atom. The maximum atomic E-state index is 13.5. The molecular weight excluding hydrogens is 383 g/mol. The fourth-order valence-corrected chi connectivity index (χ4v) is 4.49. The van der Waals surface area contributed by atoms with Crippen LogP contribution in [0.1, 0.15) is 47.8 Å². The smallest absolute Gasteiger partial charge is 0.340 e. The van der Waals surface area contributed by atoms with E-state index in [4.69, 9.17) is 4.74 Å². The molecule has 0 atom stereocenters. The summed E-state index contributed by atoms with van der Waals surface area (Å²) in [6.45, 7) is 4.09. The molecule has 0 saturated heterocycles. The fraction of sp³-hybridized carbons (Fsp3) is 0.400. The molecule has 0 spiro atoms. The molecule has 2 aromatic rings. The number of carbonyl (C=O) groups is 1. The molecule has 1 aliphatic heterocycles. The van der Waals surface area contributed by atoms with Crippen molar-refractivity contribution in [1.82, 2.24) is 4.98 Å². The lowest BCUT2D eigenvalue weighted by atomic mass is 9.88. The van der Waals surface area contributed by atoms with Crippen LogP contribution in [0.15, 0.2) is 24.3 Å². The lowest BCUT2D eigenvalue weighted by molar-refractivity contribution is 0.0599. The third-order valence-electron chi connectivity index (χ3n) is 4.80. The standard InChI is InChI=1S/C20H23FN2O4S/c1-12(2)18-17(20(24)27-3)16(13-7-9-14(21)10-8-13)15-6-5-11-23(19(15)22-18)28(4,25)26/h7-10,12H,5-6,11H2,1-4H3. The van der Waals surface area contributed by atoms with E-state index in [0.29, 0.717) is 53.2 Å². The van der Waals surface area contributed by atoms with Crippen molar-refractivity contribution >= 4 is 21.8 Å². The van der Waals surface area contributed by atoms with Gasteiger partial charge in [-0.15, -0.1) is 0 Å². The quantitative estimate of drug-likeness (QED) is 0.726. The van der Waals surface area contributed by atoms with Crippen LogP contribution in [0.4, 0.5) is 10.2 Å². The van der Waals surface area contributed by atoms with Gasteiger partial charge in [-0.05, 0) is 36.5 Å². The Kier molecular flexibility index (Phi) is 5.43. The Hall–Kier alpha value is -2.48. The fourth-order valence-electron chi connectivity index (χ4n) is 3.56. The molecule has 3 rings (SSSR count). The average Bonchev–Trinajstić information content (AvgIpc) is 2.65. The number of hydrogen-bond donors (Lipinski definition) is 0. The van der Waals surface area contributed by atoms with Gasteiger partial charge in [0.1, 0.15) is 11.6 Å². The van der Waals surface area contributed by atoms with Gasteiger partial charge in [-0.25, -0.2) is 22.6 Å². The van der Waals surface area contributed by atoms with E-state index in [1.807, 2.05) is 13.8 Å². The van der Waals surface area contributed by atoms with Crippen molar-refractivity contribution in [2.75, 3.05) is 24.2 Å². The van der Waals surface area contributed by atoms with Crippen molar-refractivity contribution in [3.8, 4) is 11.1 Å². The summed E-state index contributed by atoms with van der Waals surface area (Å²) in [5.74, 6) is -0.755. The number of halogens is 1. The van der Waals surface area contributed by atoms with Crippen molar-refractivity contribution in [2.45, 2.75) is 32.6 Å². The van der Waals surface area contributed by atoms with Crippen molar-refractivity contribution in [3.63, 3.8) is 0 Å². The van der Waals surface area contributed by atoms with Gasteiger partial charge in [0.25, 0.3) is 0 Å². The predicted molar refractivity (Wildman–Crippen MR) is 106 cm³/mol. The summed E-state index contributed by atoms with van der Waals surface area (Å²) >= 11 is 0. The first-order chi connectivity index (χ1) is 13.1. The van der Waals surface area contributed by atoms with E-state index >= 15 is 0 Å². The lowest BCUT2D eigenvalue weighted by Gasteiger charge is -2.32. The number of pyridine rings is 1. The van der Waals surface area contributed by atoms with Crippen molar-refractivity contribution in [2.24, 2.45) is 0 Å². The highest BCUT2D eigenvalue weighted by Crippen LogP contribution is 2.41. The van der Waals surface area contributed by atoms with E-state index in [1.165, 1.54) is 23.5 Å². The Morgan fingerprint density at radius 3 is 2.43 bits per heavy atom. The van der Waals surface area contributed by atoms with Crippen molar-refractivity contribution in [1.29, 1.82) is 0 Å². The zero-order valence-corrected chi connectivity index (χ0v) is 17.1. The number of aromatic nitrogens is 1. The van der Waals surface area contributed by atoms with Gasteiger partial charge in [0, 0.05) is 17.7 Å². The average molecular weight is 406 g/mol. The third kappa shape index (κ3) is 3.61. The highest BCUT2D eigenvalue weighted by molar-refractivity contribution is 7.92. The van der Waals surface area contributed by atoms with Crippen LogP contribution in [0.5, 0.6) is 0 Å². The first-order valence-corrected chi connectivity index (χ1v) is 10.9. The molecule has 0 fully saturated rings. The number of anilines is 1. The zero-order chi connectivity index (χ0) is 20.6. The molecule has 1 aromatic heterocycles. The predicted octanol–water partition coefficient (Wildman–Crippen LogP) is 3.51. The number of ether oxygens (including phenoxy) is 1. The Balaban J connectivity index is 2.44. The lowest BCUT2D eigenvalue weighted by Crippen LogP contribution is -2.36. The monoisotopic (exact) mass is 406 g/mol. The van der Waals surface area contributed by atoms with Crippen molar-refractivity contribution in [3.05, 3.63) is 46.9 Å². The van der Waals surface area contributed by atoms with E-state index < -0.39 is 21.8 Å². The largest absolute Gasteiger partial charge is 0.465 e. The van der Waals surface area contributed by atoms with Gasteiger partial charge < -0.3 is 4.74 Å². The maximum Gasteiger partial charge on any atom is 0.340 e. The van der Waals surface area contributed by atoms with Gasteiger partial charge >= 0.3 is 5.97 Å². The van der Waals surface area contributed by atoms with Gasteiger partial charge in [-0.2, -0.15) is 0 Å². The molecule has 6 nitrogen and oxygen atoms in total. The summed E-state index contributed by atoms with van der Waals surface area (Å²) in [5.41, 5.74) is 2.61. The van der Waals surface area contributed by atoms with Gasteiger partial charge in [-0.3, -0.25) is 4.31 Å². The molecule has 8 heteroatoms. The first kappa shape index (κ1) is 20.3. The van der Waals surface area contributed by atoms with Gasteiger partial charge in [0.2, 0.25) is 10.0 Å². The second-order valence-corrected chi connectivity index (χ2v) is 9.05. The van der Waals surface area contributed by atoms with Crippen LogP contribution in [-0.4, -0.2) is 39.3 Å². The van der Waals surface area contributed by atoms with Gasteiger partial charge in [0.15, 0.2) is 0 Å². The second kappa shape index (κ2) is 7.50. The highest BCUT2D eigenvalue weighted by Gasteiger charge is 2.33. The minimum atomic E-state index is -3.53. The zero-order valence-electron chi connectivity index (χ0n) is 16.3. The number of hydrogen-bond acceptors (Lipinski definition) is 5. The number of sulfonamides is 1. The first-order valence-electron chi connectivity index (χ1n) is 9.03. The van der Waals surface area contributed by atoms with Crippen molar-refractivity contribution < 1.29 is 22.3 Å². The minimum absolute atomic E-state index is 0.151. The Morgan fingerprint density at radius 1 is 1.25 bits per heavy atom. The number of fused-ring (bicyclic) bond motifs is 1. The van der Waals surface area contributed by atoms with Crippen LogP contribution in [0.3, 0.4) is 0 Å². The van der Waals surface area contributed by atoms with Crippen LogP contribution in [0, 0.1) is 5.82 Å². The molecule has 2 heterocycles. The number of rotatable bonds is 4. The number of methoxy groups -OCH3 is 1. The molecule has 0 N–H and O–H groups in total. The molecule has 0 amide bonds. The number of carbonyl (C=O) groups excluding carboxylic acids is 1. The van der Waals surface area contributed by atoms with E-state index in [9.17, 15) is 17.6 Å². The summed E-state index contributed by atoms with van der Waals surface area (Å²) < 4.78 is 44.5. The molecule has 0 radical (unpaired) electrons. The Labute approximate surface area is 164 Å². The molecule has 0 bridgehead atoms. The molecule has 0 unspecified atom stereocenters. The molecule has 1 aromatic carbocycles. The van der Waals surface area contributed by atoms with Crippen LogP contribution in [0.2, 0.25) is 0 Å². The molecule has 0 saturated carbocycles. The highest BCUT2D eigenvalue weighted by atomic mass is 32.2. The summed E-state index contributed by atoms with van der Waals surface area (Å²) in [7, 11) is -2.24. The van der Waals surface area contributed by atoms with Gasteiger partial charge in [-0.1, -0.05) is 26.0 Å². The molecule has 0 aliphatic carbocycles. The number of esters is 1. The minimum Gasteiger partial charge on any atom is -0.465 e. The van der Waals surface area contributed by atoms with Gasteiger partial charge in [0.05, 0.1) is 24.6 Å². The third-order valence-corrected chi connectivity index (χ3v) is 5.95. The van der Waals surface area contributed by atoms with E-state index in [-0.39, 0.29) is 5.92 Å². The maximum absolute atomic E-state index is 13.5. The summed E-state index contributed by atoms with van der Waals surface area (Å²) in [4.78, 5) is 17.3. The van der Waals surface area contributed by atoms with Crippen LogP contribution in [0.25, 0.3) is 11.1 Å². The summed E-state index contributed by atoms with van der Waals surface area (Å²) in [6.07, 6.45) is 2.30. The van der Waals surface area contributed by atoms with Crippen LogP contribution < -0.4 is 4.31 Å². The summed E-state index contributed by atoms with van der Waals surface area (Å²) in [6, 6.07) is 5.80. The van der Waals surface area contributed by atoms with Crippen LogP contribution >= 0.6 is 0 Å². The number of benzene rings is 1. The van der Waals surface area contributed by atoms with E-state index in [2.05, 4.69) is 4.98 Å². The molecule has 150 valence electrons. The SMILES string of the molecule is COC(=O)c1c(C(C)C)nc2c(c1-c1ccc(F)cc1)CCCN2S(C)(=O)=O.